The van der Waals surface area contributed by atoms with E-state index in [-0.39, 0.29) is 5.78 Å². The molecule has 0 aliphatic rings. The van der Waals surface area contributed by atoms with Crippen molar-refractivity contribution in [2.75, 3.05) is 0 Å². The number of carbonyl (C=O) groups excluding carboxylic acids is 1. The van der Waals surface area contributed by atoms with E-state index in [0.717, 1.165) is 17.5 Å². The van der Waals surface area contributed by atoms with Gasteiger partial charge in [0.2, 0.25) is 0 Å². The van der Waals surface area contributed by atoms with E-state index >= 15 is 0 Å². The van der Waals surface area contributed by atoms with Gasteiger partial charge in [0.15, 0.2) is 5.78 Å². The lowest BCUT2D eigenvalue weighted by atomic mass is 10.1. The summed E-state index contributed by atoms with van der Waals surface area (Å²) in [7, 11) is 0. The summed E-state index contributed by atoms with van der Waals surface area (Å²) in [6.45, 7) is 5.71. The van der Waals surface area contributed by atoms with Crippen LogP contribution in [0.4, 0.5) is 0 Å². The maximum atomic E-state index is 11.9. The fourth-order valence-electron chi connectivity index (χ4n) is 1.51. The Morgan fingerprint density at radius 3 is 3.00 bits per heavy atom. The van der Waals surface area contributed by atoms with Crippen LogP contribution in [0.15, 0.2) is 36.9 Å². The van der Waals surface area contributed by atoms with Gasteiger partial charge in [0.05, 0.1) is 23.5 Å². The van der Waals surface area contributed by atoms with Gasteiger partial charge < -0.3 is 0 Å². The first-order valence-electron chi connectivity index (χ1n) is 5.13. The van der Waals surface area contributed by atoms with Crippen LogP contribution in [-0.2, 0) is 0 Å². The van der Waals surface area contributed by atoms with Crippen molar-refractivity contribution in [2.24, 2.45) is 0 Å². The first-order chi connectivity index (χ1) is 7.68. The molecule has 0 radical (unpaired) electrons. The Hall–Kier alpha value is -1.97. The van der Waals surface area contributed by atoms with Gasteiger partial charge in [-0.15, -0.1) is 6.58 Å². The predicted octanol–water partition coefficient (Wildman–Crippen LogP) is 2.27. The fourth-order valence-corrected chi connectivity index (χ4v) is 1.51. The predicted molar refractivity (Wildman–Crippen MR) is 61.4 cm³/mol. The summed E-state index contributed by atoms with van der Waals surface area (Å²) in [5, 5.41) is 4.10. The van der Waals surface area contributed by atoms with Crippen LogP contribution < -0.4 is 0 Å². The molecule has 0 saturated heterocycles. The van der Waals surface area contributed by atoms with Gasteiger partial charge in [-0.3, -0.25) is 9.78 Å². The third-order valence-electron chi connectivity index (χ3n) is 2.40. The molecule has 2 aromatic rings. The molecule has 4 nitrogen and oxygen atoms in total. The topological polar surface area (TPSA) is 47.3 Å². The zero-order chi connectivity index (χ0) is 11.5. The molecule has 82 valence electrons. The second kappa shape index (κ2) is 4.26. The van der Waals surface area contributed by atoms with E-state index in [4.69, 9.17) is 0 Å². The average Bonchev–Trinajstić information content (AvgIpc) is 2.69. The molecule has 4 heteroatoms. The standard InChI is InChI=1S/C12H13N3O/c1-9(2)3-4-12(16)10-7-14-15-6-5-13-8-11(10)15/h5-8H,1,3-4H2,2H3. The number of hydrogen-bond acceptors (Lipinski definition) is 3. The summed E-state index contributed by atoms with van der Waals surface area (Å²) in [5.74, 6) is 0.0889. The van der Waals surface area contributed by atoms with Crippen LogP contribution in [0.2, 0.25) is 0 Å². The van der Waals surface area contributed by atoms with E-state index in [9.17, 15) is 4.79 Å². The minimum absolute atomic E-state index is 0.0889. The van der Waals surface area contributed by atoms with Crippen molar-refractivity contribution in [2.45, 2.75) is 19.8 Å². The van der Waals surface area contributed by atoms with Gasteiger partial charge in [0.1, 0.15) is 0 Å². The van der Waals surface area contributed by atoms with Gasteiger partial charge in [-0.05, 0) is 13.3 Å². The first-order valence-corrected chi connectivity index (χ1v) is 5.13. The summed E-state index contributed by atoms with van der Waals surface area (Å²) < 4.78 is 1.65. The lowest BCUT2D eigenvalue weighted by Crippen LogP contribution is -1.99. The molecule has 0 saturated carbocycles. The Kier molecular flexibility index (Phi) is 2.81. The van der Waals surface area contributed by atoms with E-state index in [0.29, 0.717) is 12.0 Å². The van der Waals surface area contributed by atoms with Crippen LogP contribution in [0.25, 0.3) is 5.52 Å². The van der Waals surface area contributed by atoms with Crippen molar-refractivity contribution >= 4 is 11.3 Å². The molecular weight excluding hydrogens is 202 g/mol. The number of ketones is 1. The Morgan fingerprint density at radius 1 is 1.44 bits per heavy atom. The average molecular weight is 215 g/mol. The molecule has 2 aromatic heterocycles. The molecule has 16 heavy (non-hydrogen) atoms. The number of aromatic nitrogens is 3. The zero-order valence-corrected chi connectivity index (χ0v) is 9.18. The molecule has 0 unspecified atom stereocenters. The Labute approximate surface area is 93.6 Å². The smallest absolute Gasteiger partial charge is 0.167 e. The van der Waals surface area contributed by atoms with E-state index in [1.807, 2.05) is 6.92 Å². The monoisotopic (exact) mass is 215 g/mol. The van der Waals surface area contributed by atoms with Crippen molar-refractivity contribution in [1.29, 1.82) is 0 Å². The lowest BCUT2D eigenvalue weighted by molar-refractivity contribution is 0.0984. The Balaban J connectivity index is 2.26. The maximum Gasteiger partial charge on any atom is 0.167 e. The first kappa shape index (κ1) is 10.5. The normalized spacial score (nSPS) is 10.6. The molecule has 0 spiro atoms. The number of Topliss-reactive ketones (excluding diaryl/α,β-unsaturated/α-hetero) is 1. The van der Waals surface area contributed by atoms with E-state index in [2.05, 4.69) is 16.7 Å². The zero-order valence-electron chi connectivity index (χ0n) is 9.18. The number of fused-ring (bicyclic) bond motifs is 1. The third kappa shape index (κ3) is 2.00. The summed E-state index contributed by atoms with van der Waals surface area (Å²) in [6.07, 6.45) is 7.81. The number of carbonyl (C=O) groups is 1. The Morgan fingerprint density at radius 2 is 2.25 bits per heavy atom. The fraction of sp³-hybridized carbons (Fsp3) is 0.250. The molecule has 0 aliphatic carbocycles. The van der Waals surface area contributed by atoms with E-state index in [1.165, 1.54) is 0 Å². The highest BCUT2D eigenvalue weighted by Crippen LogP contribution is 2.13. The number of rotatable bonds is 4. The van der Waals surface area contributed by atoms with Gasteiger partial charge in [-0.25, -0.2) is 4.52 Å². The van der Waals surface area contributed by atoms with Crippen molar-refractivity contribution in [1.82, 2.24) is 14.6 Å². The largest absolute Gasteiger partial charge is 0.294 e. The Bertz CT molecular complexity index is 542. The molecule has 0 amide bonds. The minimum atomic E-state index is 0.0889. The summed E-state index contributed by atoms with van der Waals surface area (Å²) in [4.78, 5) is 15.9. The van der Waals surface area contributed by atoms with Crippen molar-refractivity contribution in [3.05, 3.63) is 42.5 Å². The highest BCUT2D eigenvalue weighted by Gasteiger charge is 2.11. The van der Waals surface area contributed by atoms with Crippen LogP contribution in [-0.4, -0.2) is 20.4 Å². The summed E-state index contributed by atoms with van der Waals surface area (Å²) in [5.41, 5.74) is 2.41. The molecular formula is C12H13N3O. The number of nitrogens with zero attached hydrogens (tertiary/aromatic N) is 3. The SMILES string of the molecule is C=C(C)CCC(=O)c1cnn2ccncc12. The van der Waals surface area contributed by atoms with Crippen LogP contribution in [0.5, 0.6) is 0 Å². The van der Waals surface area contributed by atoms with Crippen LogP contribution in [0.1, 0.15) is 30.1 Å². The molecule has 2 heterocycles. The van der Waals surface area contributed by atoms with E-state index in [1.54, 1.807) is 29.3 Å². The minimum Gasteiger partial charge on any atom is -0.294 e. The van der Waals surface area contributed by atoms with Crippen LogP contribution in [0.3, 0.4) is 0 Å². The molecule has 0 fully saturated rings. The summed E-state index contributed by atoms with van der Waals surface area (Å²) >= 11 is 0. The highest BCUT2D eigenvalue weighted by atomic mass is 16.1. The van der Waals surface area contributed by atoms with Gasteiger partial charge in [-0.1, -0.05) is 5.57 Å². The quantitative estimate of drug-likeness (QED) is 0.580. The van der Waals surface area contributed by atoms with Gasteiger partial charge in [0, 0.05) is 18.8 Å². The molecule has 0 aromatic carbocycles. The number of allylic oxidation sites excluding steroid dienone is 1. The molecule has 2 rings (SSSR count). The van der Waals surface area contributed by atoms with Crippen LogP contribution >= 0.6 is 0 Å². The maximum absolute atomic E-state index is 11.9. The summed E-state index contributed by atoms with van der Waals surface area (Å²) in [6, 6.07) is 0. The third-order valence-corrected chi connectivity index (χ3v) is 2.40. The van der Waals surface area contributed by atoms with Crippen molar-refractivity contribution in [3.8, 4) is 0 Å². The molecule has 0 bridgehead atoms. The van der Waals surface area contributed by atoms with Crippen molar-refractivity contribution in [3.63, 3.8) is 0 Å². The van der Waals surface area contributed by atoms with Gasteiger partial charge in [-0.2, -0.15) is 5.10 Å². The van der Waals surface area contributed by atoms with Crippen molar-refractivity contribution < 1.29 is 4.79 Å². The van der Waals surface area contributed by atoms with Crippen LogP contribution in [0, 0.1) is 0 Å². The van der Waals surface area contributed by atoms with Gasteiger partial charge >= 0.3 is 0 Å². The van der Waals surface area contributed by atoms with Gasteiger partial charge in [0.25, 0.3) is 0 Å². The molecule has 0 aliphatic heterocycles. The second-order valence-corrected chi connectivity index (χ2v) is 3.84. The highest BCUT2D eigenvalue weighted by molar-refractivity contribution is 6.02. The lowest BCUT2D eigenvalue weighted by Gasteiger charge is -1.98. The van der Waals surface area contributed by atoms with E-state index < -0.39 is 0 Å². The second-order valence-electron chi connectivity index (χ2n) is 3.84. The number of hydrogen-bond donors (Lipinski definition) is 0. The molecule has 0 N–H and O–H groups in total. The molecule has 0 atom stereocenters.